The molecule has 5 aromatic carbocycles. The Bertz CT molecular complexity index is 2250. The number of para-hydroxylation sites is 2. The Balaban J connectivity index is 1.16. The van der Waals surface area contributed by atoms with Gasteiger partial charge in [0.1, 0.15) is 0 Å². The van der Waals surface area contributed by atoms with Gasteiger partial charge in [0.15, 0.2) is 0 Å². The molecule has 14 heteroatoms. The van der Waals surface area contributed by atoms with Crippen molar-refractivity contribution in [3.05, 3.63) is 167 Å². The first kappa shape index (κ1) is 35.4. The van der Waals surface area contributed by atoms with Gasteiger partial charge in [0.05, 0.1) is 33.6 Å². The van der Waals surface area contributed by atoms with Crippen molar-refractivity contribution >= 4 is 57.5 Å². The number of alkyl halides is 6. The zero-order valence-corrected chi connectivity index (χ0v) is 27.5. The zero-order chi connectivity index (χ0) is 38.4. The number of benzene rings is 5. The predicted octanol–water partition coefficient (Wildman–Crippen LogP) is 9.00. The second kappa shape index (κ2) is 13.5. The van der Waals surface area contributed by atoms with Crippen molar-refractivity contribution < 1.29 is 45.5 Å². The number of imide groups is 2. The highest BCUT2D eigenvalue weighted by Crippen LogP contribution is 2.42. The number of anilines is 4. The quantitative estimate of drug-likeness (QED) is 0.103. The Labute approximate surface area is 302 Å². The Hall–Kier alpha value is -6.96. The molecule has 0 aromatic heterocycles. The van der Waals surface area contributed by atoms with Crippen LogP contribution in [0.4, 0.5) is 49.1 Å². The predicted molar refractivity (Wildman–Crippen MR) is 189 cm³/mol. The van der Waals surface area contributed by atoms with Gasteiger partial charge in [0, 0.05) is 46.0 Å². The fraction of sp³-hybridized carbons (Fsp3) is 0.0500. The van der Waals surface area contributed by atoms with Crippen LogP contribution in [0.3, 0.4) is 0 Å². The Kier molecular flexibility index (Phi) is 8.89. The number of hydrogen-bond donors (Lipinski definition) is 2. The van der Waals surface area contributed by atoms with E-state index in [2.05, 4.69) is 10.6 Å². The first-order chi connectivity index (χ1) is 25.8. The molecule has 0 saturated heterocycles. The number of carbonyl (C=O) groups excluding carboxylic acids is 4. The summed E-state index contributed by atoms with van der Waals surface area (Å²) < 4.78 is 83.4. The molecule has 8 nitrogen and oxygen atoms in total. The van der Waals surface area contributed by atoms with Crippen molar-refractivity contribution in [3.63, 3.8) is 0 Å². The van der Waals surface area contributed by atoms with Gasteiger partial charge in [0.2, 0.25) is 0 Å². The van der Waals surface area contributed by atoms with Crippen LogP contribution in [0.15, 0.2) is 134 Å². The van der Waals surface area contributed by atoms with Crippen LogP contribution in [0.5, 0.6) is 0 Å². The normalized spacial score (nSPS) is 16.1. The third kappa shape index (κ3) is 6.38. The van der Waals surface area contributed by atoms with E-state index in [9.17, 15) is 45.5 Å². The van der Waals surface area contributed by atoms with E-state index in [0.29, 0.717) is 21.2 Å². The lowest BCUT2D eigenvalue weighted by molar-refractivity contribution is -0.138. The van der Waals surface area contributed by atoms with Crippen molar-refractivity contribution in [2.45, 2.75) is 12.4 Å². The molecule has 2 heterocycles. The van der Waals surface area contributed by atoms with Crippen molar-refractivity contribution in [1.82, 2.24) is 0 Å². The van der Waals surface area contributed by atoms with Crippen LogP contribution >= 0.6 is 0 Å². The van der Waals surface area contributed by atoms with Gasteiger partial charge in [-0.15, -0.1) is 0 Å². The van der Waals surface area contributed by atoms with Crippen LogP contribution in [0.25, 0.3) is 11.1 Å². The molecular weight excluding hydrogens is 714 g/mol. The first-order valence-electron chi connectivity index (χ1n) is 16.1. The number of nitrogens with zero attached hydrogens (tertiary/aromatic N) is 2. The molecule has 7 rings (SSSR count). The smallest absolute Gasteiger partial charge is 0.361 e. The molecule has 0 spiro atoms. The van der Waals surface area contributed by atoms with Gasteiger partial charge in [-0.2, -0.15) is 26.3 Å². The number of amides is 4. The molecule has 0 bridgehead atoms. The molecular formula is C40H24F6N4O4. The monoisotopic (exact) mass is 738 g/mol. The van der Waals surface area contributed by atoms with E-state index < -0.39 is 58.5 Å². The average molecular weight is 739 g/mol. The standard InChI is InChI=1S/C40H24F6N4O4/c41-39(42,43)31-13-5-7-15-33(31)49-35(51)27-11-3-1-9-25(27)29(37(49)53)21-47-23-17-19-24(20-18-23)48-22-30-26-10-2-4-12-28(26)36(52)50(38(30)54)34-16-8-6-14-32(34)40(44,45)46/h1-22,47-48H/b29-21-,30-22-. The maximum Gasteiger partial charge on any atom is 0.418 e. The van der Waals surface area contributed by atoms with Crippen LogP contribution in [0, 0.1) is 0 Å². The van der Waals surface area contributed by atoms with Gasteiger partial charge in [-0.05, 0) is 60.7 Å². The summed E-state index contributed by atoms with van der Waals surface area (Å²) in [5.74, 6) is -3.78. The highest BCUT2D eigenvalue weighted by molar-refractivity contribution is 6.42. The molecule has 0 fully saturated rings. The number of halogens is 6. The third-order valence-corrected chi connectivity index (χ3v) is 8.72. The molecule has 54 heavy (non-hydrogen) atoms. The van der Waals surface area contributed by atoms with Gasteiger partial charge in [0.25, 0.3) is 23.6 Å². The highest BCUT2D eigenvalue weighted by Gasteiger charge is 2.43. The summed E-state index contributed by atoms with van der Waals surface area (Å²) in [6.07, 6.45) is -7.12. The lowest BCUT2D eigenvalue weighted by Crippen LogP contribution is -2.43. The van der Waals surface area contributed by atoms with Crippen LogP contribution in [0.2, 0.25) is 0 Å². The molecule has 0 saturated carbocycles. The largest absolute Gasteiger partial charge is 0.418 e. The van der Waals surface area contributed by atoms with Crippen molar-refractivity contribution in [2.24, 2.45) is 0 Å². The zero-order valence-electron chi connectivity index (χ0n) is 27.5. The molecule has 4 amide bonds. The number of nitrogens with one attached hydrogen (secondary N) is 2. The van der Waals surface area contributed by atoms with E-state index in [-0.39, 0.29) is 33.4 Å². The van der Waals surface area contributed by atoms with Gasteiger partial charge in [-0.3, -0.25) is 19.2 Å². The van der Waals surface area contributed by atoms with Crippen LogP contribution in [-0.2, 0) is 21.9 Å². The van der Waals surface area contributed by atoms with Crippen molar-refractivity contribution in [3.8, 4) is 0 Å². The van der Waals surface area contributed by atoms with E-state index in [0.717, 1.165) is 36.4 Å². The van der Waals surface area contributed by atoms with Gasteiger partial charge < -0.3 is 10.6 Å². The SMILES string of the molecule is O=C1/C(=C\Nc2ccc(N/C=C3\C(=O)N(c4ccccc4C(F)(F)F)C(=O)c4ccccc43)cc2)c2ccccc2C(=O)N1c1ccccc1C(F)(F)F. The second-order valence-corrected chi connectivity index (χ2v) is 12.0. The maximum atomic E-state index is 13.9. The summed E-state index contributed by atoms with van der Waals surface area (Å²) in [5, 5.41) is 5.88. The molecule has 5 aromatic rings. The Morgan fingerprint density at radius 1 is 0.407 bits per heavy atom. The molecule has 0 unspecified atom stereocenters. The van der Waals surface area contributed by atoms with Gasteiger partial charge >= 0.3 is 12.4 Å². The molecule has 2 N–H and O–H groups in total. The number of rotatable bonds is 6. The summed E-state index contributed by atoms with van der Waals surface area (Å²) >= 11 is 0. The number of hydrogen-bond acceptors (Lipinski definition) is 6. The lowest BCUT2D eigenvalue weighted by Gasteiger charge is -2.30. The molecule has 2 aliphatic rings. The summed E-state index contributed by atoms with van der Waals surface area (Å²) in [5.41, 5.74) is -2.35. The summed E-state index contributed by atoms with van der Waals surface area (Å²) in [6.45, 7) is 0. The van der Waals surface area contributed by atoms with E-state index >= 15 is 0 Å². The summed E-state index contributed by atoms with van der Waals surface area (Å²) in [6, 6.07) is 27.0. The minimum atomic E-state index is -4.84. The molecule has 0 atom stereocenters. The van der Waals surface area contributed by atoms with Gasteiger partial charge in [-0.25, -0.2) is 9.80 Å². The molecule has 270 valence electrons. The summed E-state index contributed by atoms with van der Waals surface area (Å²) in [7, 11) is 0. The number of fused-ring (bicyclic) bond motifs is 2. The van der Waals surface area contributed by atoms with E-state index in [1.54, 1.807) is 36.4 Å². The van der Waals surface area contributed by atoms with Crippen molar-refractivity contribution in [1.29, 1.82) is 0 Å². The second-order valence-electron chi connectivity index (χ2n) is 12.0. The van der Waals surface area contributed by atoms with Crippen LogP contribution < -0.4 is 20.4 Å². The third-order valence-electron chi connectivity index (χ3n) is 8.72. The highest BCUT2D eigenvalue weighted by atomic mass is 19.4. The first-order valence-corrected chi connectivity index (χ1v) is 16.1. The maximum absolute atomic E-state index is 13.9. The Morgan fingerprint density at radius 2 is 0.722 bits per heavy atom. The van der Waals surface area contributed by atoms with Crippen LogP contribution in [0.1, 0.15) is 43.0 Å². The van der Waals surface area contributed by atoms with E-state index in [1.165, 1.54) is 60.9 Å². The topological polar surface area (TPSA) is 98.8 Å². The fourth-order valence-corrected chi connectivity index (χ4v) is 6.21. The fourth-order valence-electron chi connectivity index (χ4n) is 6.21. The minimum Gasteiger partial charge on any atom is -0.361 e. The van der Waals surface area contributed by atoms with Crippen LogP contribution in [-0.4, -0.2) is 23.6 Å². The van der Waals surface area contributed by atoms with Crippen molar-refractivity contribution in [2.75, 3.05) is 20.4 Å². The van der Waals surface area contributed by atoms with E-state index in [4.69, 9.17) is 0 Å². The molecule has 0 aliphatic carbocycles. The Morgan fingerprint density at radius 3 is 1.07 bits per heavy atom. The molecule has 2 aliphatic heterocycles. The number of carbonyl (C=O) groups is 4. The minimum absolute atomic E-state index is 0.0238. The lowest BCUT2D eigenvalue weighted by atomic mass is 9.93. The molecule has 0 radical (unpaired) electrons. The van der Waals surface area contributed by atoms with Gasteiger partial charge in [-0.1, -0.05) is 60.7 Å². The van der Waals surface area contributed by atoms with E-state index in [1.807, 2.05) is 0 Å². The summed E-state index contributed by atoms with van der Waals surface area (Å²) in [4.78, 5) is 55.2. The average Bonchev–Trinajstić information content (AvgIpc) is 3.15.